The molecule has 0 unspecified atom stereocenters. The molecule has 174 valence electrons. The molecule has 1 saturated heterocycles. The smallest absolute Gasteiger partial charge is 0.246 e. The summed E-state index contributed by atoms with van der Waals surface area (Å²) in [7, 11) is -2.37. The first-order valence-corrected chi connectivity index (χ1v) is 11.8. The van der Waals surface area contributed by atoms with Gasteiger partial charge in [0.1, 0.15) is 22.1 Å². The van der Waals surface area contributed by atoms with Gasteiger partial charge in [0.05, 0.1) is 40.0 Å². The number of morpholine rings is 1. The predicted octanol–water partition coefficient (Wildman–Crippen LogP) is 2.52. The summed E-state index contributed by atoms with van der Waals surface area (Å²) in [4.78, 5) is 12.3. The van der Waals surface area contributed by atoms with Crippen molar-refractivity contribution in [1.82, 2.24) is 4.31 Å². The van der Waals surface area contributed by atoms with Gasteiger partial charge < -0.3 is 24.3 Å². The minimum Gasteiger partial charge on any atom is -0.495 e. The molecule has 1 N–H and O–H groups in total. The van der Waals surface area contributed by atoms with E-state index in [1.807, 2.05) is 6.92 Å². The predicted molar refractivity (Wildman–Crippen MR) is 119 cm³/mol. The summed E-state index contributed by atoms with van der Waals surface area (Å²) >= 11 is 0. The second-order valence-corrected chi connectivity index (χ2v) is 8.84. The average Bonchev–Trinajstić information content (AvgIpc) is 2.81. The SMILES string of the molecule is CCOc1ccc(OCCC(=O)Nc2ccc(OC)c(S(=O)(=O)N3CCOCC3)c2)cc1. The number of benzene rings is 2. The van der Waals surface area contributed by atoms with Crippen LogP contribution in [0.2, 0.25) is 0 Å². The van der Waals surface area contributed by atoms with Gasteiger partial charge in [0.25, 0.3) is 0 Å². The summed E-state index contributed by atoms with van der Waals surface area (Å²) < 4.78 is 48.9. The van der Waals surface area contributed by atoms with Gasteiger partial charge in [-0.2, -0.15) is 4.31 Å². The van der Waals surface area contributed by atoms with Crippen molar-refractivity contribution in [3.63, 3.8) is 0 Å². The Morgan fingerprint density at radius 1 is 1.06 bits per heavy atom. The van der Waals surface area contributed by atoms with Crippen LogP contribution in [-0.2, 0) is 19.6 Å². The lowest BCUT2D eigenvalue weighted by atomic mass is 10.3. The fourth-order valence-corrected chi connectivity index (χ4v) is 4.76. The van der Waals surface area contributed by atoms with Crippen LogP contribution in [0.15, 0.2) is 47.4 Å². The van der Waals surface area contributed by atoms with Crippen molar-refractivity contribution in [1.29, 1.82) is 0 Å². The van der Waals surface area contributed by atoms with E-state index in [1.165, 1.54) is 23.5 Å². The number of nitrogens with one attached hydrogen (secondary N) is 1. The van der Waals surface area contributed by atoms with E-state index < -0.39 is 10.0 Å². The molecule has 0 atom stereocenters. The van der Waals surface area contributed by atoms with Crippen molar-refractivity contribution < 1.29 is 32.2 Å². The second kappa shape index (κ2) is 11.2. The van der Waals surface area contributed by atoms with Crippen LogP contribution in [0.5, 0.6) is 17.2 Å². The Morgan fingerprint density at radius 2 is 1.72 bits per heavy atom. The quantitative estimate of drug-likeness (QED) is 0.576. The van der Waals surface area contributed by atoms with Crippen molar-refractivity contribution in [3.05, 3.63) is 42.5 Å². The van der Waals surface area contributed by atoms with Gasteiger partial charge in [-0.3, -0.25) is 4.79 Å². The van der Waals surface area contributed by atoms with Gasteiger partial charge in [0.15, 0.2) is 0 Å². The molecule has 10 heteroatoms. The van der Waals surface area contributed by atoms with Gasteiger partial charge in [-0.1, -0.05) is 0 Å². The molecule has 0 spiro atoms. The molecule has 2 aromatic carbocycles. The molecule has 1 aliphatic rings. The highest BCUT2D eigenvalue weighted by molar-refractivity contribution is 7.89. The summed E-state index contributed by atoms with van der Waals surface area (Å²) in [5, 5.41) is 2.72. The van der Waals surface area contributed by atoms with Crippen LogP contribution in [0.3, 0.4) is 0 Å². The Hall–Kier alpha value is -2.82. The van der Waals surface area contributed by atoms with E-state index in [2.05, 4.69) is 5.32 Å². The Morgan fingerprint density at radius 3 is 2.34 bits per heavy atom. The van der Waals surface area contributed by atoms with Crippen LogP contribution in [0, 0.1) is 0 Å². The van der Waals surface area contributed by atoms with E-state index in [4.69, 9.17) is 18.9 Å². The molecule has 1 aliphatic heterocycles. The third-order valence-electron chi connectivity index (χ3n) is 4.77. The normalized spacial score (nSPS) is 14.6. The summed E-state index contributed by atoms with van der Waals surface area (Å²) in [5.41, 5.74) is 0.365. The number of anilines is 1. The third-order valence-corrected chi connectivity index (χ3v) is 6.69. The van der Waals surface area contributed by atoms with Crippen LogP contribution < -0.4 is 19.5 Å². The number of methoxy groups -OCH3 is 1. The zero-order valence-corrected chi connectivity index (χ0v) is 19.0. The van der Waals surface area contributed by atoms with Crippen LogP contribution in [0.4, 0.5) is 5.69 Å². The molecule has 0 aromatic heterocycles. The van der Waals surface area contributed by atoms with E-state index in [1.54, 1.807) is 30.3 Å². The van der Waals surface area contributed by atoms with E-state index in [9.17, 15) is 13.2 Å². The number of rotatable bonds is 10. The summed E-state index contributed by atoms with van der Waals surface area (Å²) in [6, 6.07) is 11.7. The highest BCUT2D eigenvalue weighted by atomic mass is 32.2. The Bertz CT molecular complexity index is 1000. The zero-order valence-electron chi connectivity index (χ0n) is 18.2. The molecule has 0 saturated carbocycles. The van der Waals surface area contributed by atoms with Crippen molar-refractivity contribution in [2.75, 3.05) is 51.9 Å². The maximum atomic E-state index is 13.0. The number of carbonyl (C=O) groups is 1. The molecule has 0 aliphatic carbocycles. The Kier molecular flexibility index (Phi) is 8.32. The van der Waals surface area contributed by atoms with E-state index in [-0.39, 0.29) is 42.7 Å². The van der Waals surface area contributed by atoms with E-state index >= 15 is 0 Å². The van der Waals surface area contributed by atoms with Gasteiger partial charge in [-0.15, -0.1) is 0 Å². The molecule has 1 fully saturated rings. The Labute approximate surface area is 188 Å². The largest absolute Gasteiger partial charge is 0.495 e. The maximum absolute atomic E-state index is 13.0. The monoisotopic (exact) mass is 464 g/mol. The molecular formula is C22H28N2O7S. The van der Waals surface area contributed by atoms with Gasteiger partial charge >= 0.3 is 0 Å². The zero-order chi connectivity index (χ0) is 23.0. The topological polar surface area (TPSA) is 103 Å². The molecule has 1 heterocycles. The van der Waals surface area contributed by atoms with Crippen molar-refractivity contribution >= 4 is 21.6 Å². The van der Waals surface area contributed by atoms with Crippen LogP contribution >= 0.6 is 0 Å². The number of hydrogen-bond acceptors (Lipinski definition) is 7. The first-order chi connectivity index (χ1) is 15.4. The molecule has 2 aromatic rings. The van der Waals surface area contributed by atoms with Gasteiger partial charge in [-0.25, -0.2) is 8.42 Å². The molecule has 32 heavy (non-hydrogen) atoms. The second-order valence-electron chi connectivity index (χ2n) is 6.93. The van der Waals surface area contributed by atoms with E-state index in [0.29, 0.717) is 31.3 Å². The molecular weight excluding hydrogens is 436 g/mol. The number of ether oxygens (including phenoxy) is 4. The van der Waals surface area contributed by atoms with Crippen LogP contribution in [0.1, 0.15) is 13.3 Å². The molecule has 9 nitrogen and oxygen atoms in total. The van der Waals surface area contributed by atoms with Crippen molar-refractivity contribution in [2.24, 2.45) is 0 Å². The van der Waals surface area contributed by atoms with Crippen molar-refractivity contribution in [2.45, 2.75) is 18.2 Å². The highest BCUT2D eigenvalue weighted by Gasteiger charge is 2.29. The number of hydrogen-bond donors (Lipinski definition) is 1. The summed E-state index contributed by atoms with van der Waals surface area (Å²) in [6.45, 7) is 3.89. The minimum atomic E-state index is -3.78. The van der Waals surface area contributed by atoms with Crippen molar-refractivity contribution in [3.8, 4) is 17.2 Å². The lowest BCUT2D eigenvalue weighted by molar-refractivity contribution is -0.116. The van der Waals surface area contributed by atoms with Crippen LogP contribution in [0.25, 0.3) is 0 Å². The first-order valence-electron chi connectivity index (χ1n) is 10.4. The average molecular weight is 465 g/mol. The van der Waals surface area contributed by atoms with Crippen LogP contribution in [-0.4, -0.2) is 65.3 Å². The fourth-order valence-electron chi connectivity index (χ4n) is 3.17. The number of nitrogens with zero attached hydrogens (tertiary/aromatic N) is 1. The maximum Gasteiger partial charge on any atom is 0.246 e. The molecule has 1 amide bonds. The minimum absolute atomic E-state index is 0.00494. The lowest BCUT2D eigenvalue weighted by Crippen LogP contribution is -2.40. The third kappa shape index (κ3) is 6.12. The summed E-state index contributed by atoms with van der Waals surface area (Å²) in [6.07, 6.45) is 0.102. The molecule has 0 radical (unpaired) electrons. The fraction of sp³-hybridized carbons (Fsp3) is 0.409. The Balaban J connectivity index is 1.60. The highest BCUT2D eigenvalue weighted by Crippen LogP contribution is 2.30. The summed E-state index contributed by atoms with van der Waals surface area (Å²) in [5.74, 6) is 1.30. The van der Waals surface area contributed by atoms with Gasteiger partial charge in [-0.05, 0) is 49.4 Å². The number of sulfonamides is 1. The lowest BCUT2D eigenvalue weighted by Gasteiger charge is -2.26. The standard InChI is InChI=1S/C22H28N2O7S/c1-3-30-18-5-7-19(8-6-18)31-13-10-22(25)23-17-4-9-20(28-2)21(16-17)32(26,27)24-11-14-29-15-12-24/h4-9,16H,3,10-15H2,1-2H3,(H,23,25). The van der Waals surface area contributed by atoms with Gasteiger partial charge in [0.2, 0.25) is 15.9 Å². The van der Waals surface area contributed by atoms with Gasteiger partial charge in [0, 0.05) is 18.8 Å². The first kappa shape index (κ1) is 23.8. The number of carbonyl (C=O) groups excluding carboxylic acids is 1. The molecule has 0 bridgehead atoms. The van der Waals surface area contributed by atoms with E-state index in [0.717, 1.165) is 5.75 Å². The molecule has 3 rings (SSSR count). The number of amides is 1.